The van der Waals surface area contributed by atoms with Crippen molar-refractivity contribution < 1.29 is 14.8 Å². The largest absolute Gasteiger partial charge is 0.367 e. The van der Waals surface area contributed by atoms with Crippen LogP contribution in [0, 0.1) is 6.92 Å². The van der Waals surface area contributed by atoms with Crippen molar-refractivity contribution in [1.82, 2.24) is 10.4 Å². The summed E-state index contributed by atoms with van der Waals surface area (Å²) in [4.78, 5) is 28.0. The second kappa shape index (κ2) is 8.51. The number of hydroxylamine groups is 1. The molecule has 0 unspecified atom stereocenters. The molecular weight excluding hydrogens is 342 g/mol. The fraction of sp³-hybridized carbons (Fsp3) is 0.238. The molecule has 0 aromatic heterocycles. The molecule has 2 aromatic carbocycles. The third kappa shape index (κ3) is 4.54. The SMILES string of the molecule is Cc1cccc(C(=O)N2CCN(c3ccccc3/C=C/C(=O)NO)CC2)c1. The van der Waals surface area contributed by atoms with Gasteiger partial charge in [0.25, 0.3) is 11.8 Å². The predicted octanol–water partition coefficient (Wildman–Crippen LogP) is 2.48. The second-order valence-corrected chi connectivity index (χ2v) is 6.52. The summed E-state index contributed by atoms with van der Waals surface area (Å²) in [5.41, 5.74) is 5.28. The van der Waals surface area contributed by atoms with E-state index in [1.54, 1.807) is 11.6 Å². The van der Waals surface area contributed by atoms with Crippen LogP contribution in [0.4, 0.5) is 5.69 Å². The van der Waals surface area contributed by atoms with Gasteiger partial charge in [0.15, 0.2) is 0 Å². The zero-order valence-corrected chi connectivity index (χ0v) is 15.3. The number of anilines is 1. The number of carbonyl (C=O) groups is 2. The molecular formula is C21H23N3O3. The summed E-state index contributed by atoms with van der Waals surface area (Å²) in [6, 6.07) is 15.4. The molecule has 0 bridgehead atoms. The number of rotatable bonds is 4. The Morgan fingerprint density at radius 3 is 2.48 bits per heavy atom. The summed E-state index contributed by atoms with van der Waals surface area (Å²) in [6.07, 6.45) is 2.96. The van der Waals surface area contributed by atoms with Gasteiger partial charge in [-0.15, -0.1) is 0 Å². The van der Waals surface area contributed by atoms with Crippen LogP contribution < -0.4 is 10.4 Å². The molecule has 0 aliphatic carbocycles. The molecule has 0 saturated carbocycles. The van der Waals surface area contributed by atoms with Crippen molar-refractivity contribution >= 4 is 23.6 Å². The molecule has 6 heteroatoms. The monoisotopic (exact) mass is 365 g/mol. The highest BCUT2D eigenvalue weighted by molar-refractivity contribution is 5.94. The number of piperazine rings is 1. The molecule has 1 fully saturated rings. The second-order valence-electron chi connectivity index (χ2n) is 6.52. The molecule has 1 aliphatic rings. The molecule has 2 aromatic rings. The van der Waals surface area contributed by atoms with Gasteiger partial charge in [0.2, 0.25) is 0 Å². The summed E-state index contributed by atoms with van der Waals surface area (Å²) in [5.74, 6) is -0.510. The fourth-order valence-electron chi connectivity index (χ4n) is 3.23. The van der Waals surface area contributed by atoms with Crippen LogP contribution in [-0.2, 0) is 4.79 Å². The van der Waals surface area contributed by atoms with Gasteiger partial charge >= 0.3 is 0 Å². The van der Waals surface area contributed by atoms with Crippen molar-refractivity contribution in [1.29, 1.82) is 0 Å². The van der Waals surface area contributed by atoms with Crippen molar-refractivity contribution in [3.05, 3.63) is 71.3 Å². The first-order valence-electron chi connectivity index (χ1n) is 8.90. The Labute approximate surface area is 158 Å². The Bertz CT molecular complexity index is 855. The molecule has 3 rings (SSSR count). The first-order valence-corrected chi connectivity index (χ1v) is 8.90. The third-order valence-electron chi connectivity index (χ3n) is 4.63. The number of para-hydroxylation sites is 1. The van der Waals surface area contributed by atoms with Crippen molar-refractivity contribution in [2.45, 2.75) is 6.92 Å². The van der Waals surface area contributed by atoms with Gasteiger partial charge in [0.05, 0.1) is 0 Å². The minimum absolute atomic E-state index is 0.0612. The number of nitrogens with one attached hydrogen (secondary N) is 1. The number of carbonyl (C=O) groups excluding carboxylic acids is 2. The van der Waals surface area contributed by atoms with Crippen molar-refractivity contribution in [3.8, 4) is 0 Å². The van der Waals surface area contributed by atoms with Crippen LogP contribution in [-0.4, -0.2) is 48.1 Å². The van der Waals surface area contributed by atoms with Crippen LogP contribution in [0.5, 0.6) is 0 Å². The van der Waals surface area contributed by atoms with Crippen molar-refractivity contribution in [3.63, 3.8) is 0 Å². The highest BCUT2D eigenvalue weighted by Gasteiger charge is 2.23. The normalized spacial score (nSPS) is 14.4. The molecule has 0 atom stereocenters. The molecule has 2 amide bonds. The summed E-state index contributed by atoms with van der Waals surface area (Å²) < 4.78 is 0. The summed E-state index contributed by atoms with van der Waals surface area (Å²) in [5, 5.41) is 8.62. The Morgan fingerprint density at radius 1 is 1.04 bits per heavy atom. The fourth-order valence-corrected chi connectivity index (χ4v) is 3.23. The maximum absolute atomic E-state index is 12.7. The van der Waals surface area contributed by atoms with Gasteiger partial charge in [-0.2, -0.15) is 0 Å². The van der Waals surface area contributed by atoms with E-state index in [0.717, 1.165) is 22.4 Å². The predicted molar refractivity (Wildman–Crippen MR) is 105 cm³/mol. The zero-order valence-electron chi connectivity index (χ0n) is 15.3. The average molecular weight is 365 g/mol. The molecule has 140 valence electrons. The van der Waals surface area contributed by atoms with Crippen LogP contribution >= 0.6 is 0 Å². The third-order valence-corrected chi connectivity index (χ3v) is 4.63. The highest BCUT2D eigenvalue weighted by Crippen LogP contribution is 2.23. The van der Waals surface area contributed by atoms with Crippen molar-refractivity contribution in [2.24, 2.45) is 0 Å². The van der Waals surface area contributed by atoms with E-state index in [2.05, 4.69) is 4.90 Å². The minimum Gasteiger partial charge on any atom is -0.367 e. The lowest BCUT2D eigenvalue weighted by Crippen LogP contribution is -2.49. The van der Waals surface area contributed by atoms with E-state index in [1.165, 1.54) is 6.08 Å². The van der Waals surface area contributed by atoms with E-state index in [0.29, 0.717) is 26.2 Å². The summed E-state index contributed by atoms with van der Waals surface area (Å²) >= 11 is 0. The lowest BCUT2D eigenvalue weighted by atomic mass is 10.1. The van der Waals surface area contributed by atoms with Crippen molar-refractivity contribution in [2.75, 3.05) is 31.1 Å². The number of nitrogens with zero attached hydrogens (tertiary/aromatic N) is 2. The summed E-state index contributed by atoms with van der Waals surface area (Å²) in [7, 11) is 0. The van der Waals surface area contributed by atoms with Gasteiger partial charge in [-0.3, -0.25) is 14.8 Å². The quantitative estimate of drug-likeness (QED) is 0.496. The molecule has 1 heterocycles. The van der Waals surface area contributed by atoms with Crippen LogP contribution in [0.3, 0.4) is 0 Å². The van der Waals surface area contributed by atoms with Gasteiger partial charge in [0, 0.05) is 43.5 Å². The number of benzene rings is 2. The smallest absolute Gasteiger partial charge is 0.267 e. The Kier molecular flexibility index (Phi) is 5.88. The Morgan fingerprint density at radius 2 is 1.78 bits per heavy atom. The molecule has 1 saturated heterocycles. The number of hydrogen-bond donors (Lipinski definition) is 2. The first kappa shape index (κ1) is 18.7. The molecule has 27 heavy (non-hydrogen) atoms. The Balaban J connectivity index is 1.68. The van der Waals surface area contributed by atoms with E-state index in [9.17, 15) is 9.59 Å². The molecule has 1 aliphatic heterocycles. The summed E-state index contributed by atoms with van der Waals surface area (Å²) in [6.45, 7) is 4.70. The van der Waals surface area contributed by atoms with E-state index >= 15 is 0 Å². The maximum atomic E-state index is 12.7. The van der Waals surface area contributed by atoms with Gasteiger partial charge in [-0.05, 0) is 36.8 Å². The number of aryl methyl sites for hydroxylation is 1. The number of amides is 2. The van der Waals surface area contributed by atoms with Crippen LogP contribution in [0.25, 0.3) is 6.08 Å². The van der Waals surface area contributed by atoms with Gasteiger partial charge in [-0.25, -0.2) is 5.48 Å². The van der Waals surface area contributed by atoms with E-state index < -0.39 is 5.91 Å². The Hall–Kier alpha value is -3.12. The minimum atomic E-state index is -0.571. The molecule has 0 radical (unpaired) electrons. The van der Waals surface area contributed by atoms with Crippen LogP contribution in [0.1, 0.15) is 21.5 Å². The van der Waals surface area contributed by atoms with Crippen LogP contribution in [0.15, 0.2) is 54.6 Å². The van der Waals surface area contributed by atoms with Crippen LogP contribution in [0.2, 0.25) is 0 Å². The maximum Gasteiger partial charge on any atom is 0.267 e. The molecule has 6 nitrogen and oxygen atoms in total. The molecule has 0 spiro atoms. The lowest BCUT2D eigenvalue weighted by molar-refractivity contribution is -0.124. The first-order chi connectivity index (χ1) is 13.1. The van der Waals surface area contributed by atoms with Gasteiger partial charge in [-0.1, -0.05) is 35.9 Å². The molecule has 2 N–H and O–H groups in total. The van der Waals surface area contributed by atoms with E-state index in [4.69, 9.17) is 5.21 Å². The van der Waals surface area contributed by atoms with Gasteiger partial charge < -0.3 is 9.80 Å². The number of hydrogen-bond acceptors (Lipinski definition) is 4. The van der Waals surface area contributed by atoms with E-state index in [1.807, 2.05) is 60.4 Å². The lowest BCUT2D eigenvalue weighted by Gasteiger charge is -2.37. The zero-order chi connectivity index (χ0) is 19.2. The standard InChI is InChI=1S/C21H23N3O3/c1-16-5-4-7-18(15-16)21(26)24-13-11-23(12-14-24)19-8-3-2-6-17(19)9-10-20(25)22-27/h2-10,15,27H,11-14H2,1H3,(H,22,25)/b10-9+. The highest BCUT2D eigenvalue weighted by atomic mass is 16.5. The van der Waals surface area contributed by atoms with E-state index in [-0.39, 0.29) is 5.91 Å². The average Bonchev–Trinajstić information content (AvgIpc) is 2.72. The van der Waals surface area contributed by atoms with Gasteiger partial charge in [0.1, 0.15) is 0 Å². The topological polar surface area (TPSA) is 72.9 Å².